The van der Waals surface area contributed by atoms with Gasteiger partial charge in [-0.2, -0.15) is 0 Å². The molecule has 0 fully saturated rings. The second kappa shape index (κ2) is 10.5. The lowest BCUT2D eigenvalue weighted by Gasteiger charge is -2.15. The molecule has 0 spiro atoms. The number of carbonyl (C=O) groups is 2. The molecule has 3 rings (SSSR count). The molecule has 1 aromatic carbocycles. The van der Waals surface area contributed by atoms with Gasteiger partial charge in [-0.3, -0.25) is 9.59 Å². The molecule has 0 unspecified atom stereocenters. The molecule has 156 valence electrons. The van der Waals surface area contributed by atoms with E-state index in [0.717, 1.165) is 36.8 Å². The van der Waals surface area contributed by atoms with Crippen molar-refractivity contribution >= 4 is 28.2 Å². The van der Waals surface area contributed by atoms with E-state index in [0.29, 0.717) is 23.7 Å². The summed E-state index contributed by atoms with van der Waals surface area (Å²) in [5.41, 5.74) is 2.85. The molecule has 7 heteroatoms. The van der Waals surface area contributed by atoms with E-state index in [1.165, 1.54) is 16.2 Å². The van der Waals surface area contributed by atoms with Crippen LogP contribution in [0.4, 0.5) is 5.00 Å². The summed E-state index contributed by atoms with van der Waals surface area (Å²) in [5, 5.41) is 9.77. The van der Waals surface area contributed by atoms with Crippen LogP contribution in [0.1, 0.15) is 52.2 Å². The van der Waals surface area contributed by atoms with Gasteiger partial charge in [0.25, 0.3) is 5.91 Å². The van der Waals surface area contributed by atoms with Crippen LogP contribution >= 0.6 is 11.3 Å². The molecule has 1 aromatic heterocycles. The van der Waals surface area contributed by atoms with E-state index >= 15 is 0 Å². The molecule has 0 bridgehead atoms. The molecule has 3 N–H and O–H groups in total. The first-order valence-corrected chi connectivity index (χ1v) is 10.9. The number of benzene rings is 1. The zero-order valence-corrected chi connectivity index (χ0v) is 17.9. The van der Waals surface area contributed by atoms with Gasteiger partial charge in [0.05, 0.1) is 18.7 Å². The van der Waals surface area contributed by atoms with E-state index in [-0.39, 0.29) is 24.4 Å². The highest BCUT2D eigenvalue weighted by Gasteiger charge is 2.26. The molecule has 0 radical (unpaired) electrons. The Hall–Kier alpha value is -2.22. The molecule has 0 aliphatic heterocycles. The van der Waals surface area contributed by atoms with Crippen molar-refractivity contribution in [3.05, 3.63) is 51.9 Å². The van der Waals surface area contributed by atoms with Crippen molar-refractivity contribution in [2.75, 3.05) is 32.1 Å². The fourth-order valence-corrected chi connectivity index (χ4v) is 4.83. The van der Waals surface area contributed by atoms with E-state index in [1.807, 2.05) is 37.3 Å². The Morgan fingerprint density at radius 2 is 1.93 bits per heavy atom. The van der Waals surface area contributed by atoms with Gasteiger partial charge in [-0.25, -0.2) is 0 Å². The van der Waals surface area contributed by atoms with Crippen LogP contribution in [0, 0.1) is 0 Å². The van der Waals surface area contributed by atoms with Gasteiger partial charge in [0.2, 0.25) is 5.91 Å². The fourth-order valence-electron chi connectivity index (χ4n) is 3.53. The summed E-state index contributed by atoms with van der Waals surface area (Å²) < 4.78 is 5.02. The third kappa shape index (κ3) is 5.65. The van der Waals surface area contributed by atoms with Crippen LogP contribution in [-0.4, -0.2) is 38.6 Å². The third-order valence-corrected chi connectivity index (χ3v) is 6.32. The Morgan fingerprint density at radius 3 is 2.69 bits per heavy atom. The molecule has 0 saturated heterocycles. The predicted octanol–water partition coefficient (Wildman–Crippen LogP) is 3.29. The van der Waals surface area contributed by atoms with Crippen LogP contribution < -0.4 is 16.0 Å². The number of hydrogen-bond acceptors (Lipinski definition) is 5. The normalized spacial score (nSPS) is 14.1. The van der Waals surface area contributed by atoms with E-state index in [2.05, 4.69) is 16.0 Å². The van der Waals surface area contributed by atoms with Crippen LogP contribution in [-0.2, 0) is 22.4 Å². The van der Waals surface area contributed by atoms with Crippen LogP contribution in [0.15, 0.2) is 30.3 Å². The number of ether oxygens (including phenoxy) is 1. The number of rotatable bonds is 9. The first-order valence-electron chi connectivity index (χ1n) is 10.1. The van der Waals surface area contributed by atoms with Gasteiger partial charge < -0.3 is 20.7 Å². The minimum Gasteiger partial charge on any atom is -0.383 e. The lowest BCUT2D eigenvalue weighted by atomic mass is 9.95. The van der Waals surface area contributed by atoms with Gasteiger partial charge >= 0.3 is 0 Å². The van der Waals surface area contributed by atoms with Crippen molar-refractivity contribution in [1.82, 2.24) is 10.6 Å². The van der Waals surface area contributed by atoms with E-state index < -0.39 is 0 Å². The number of hydrogen-bond donors (Lipinski definition) is 3. The number of carbonyl (C=O) groups excluding carboxylic acids is 2. The lowest BCUT2D eigenvalue weighted by Crippen LogP contribution is -2.31. The SMILES string of the molecule is COCCNC(=O)c1c(NC(=O)CN[C@@H](C)c2ccccc2)sc2c1CCCC2. The molecule has 1 aliphatic carbocycles. The molecule has 2 aromatic rings. The van der Waals surface area contributed by atoms with E-state index in [4.69, 9.17) is 4.74 Å². The highest BCUT2D eigenvalue weighted by molar-refractivity contribution is 7.17. The van der Waals surface area contributed by atoms with E-state index in [1.54, 1.807) is 7.11 Å². The standard InChI is InChI=1S/C22H29N3O3S/c1-15(16-8-4-3-5-9-16)24-14-19(26)25-22-20(21(27)23-12-13-28-2)17-10-6-7-11-18(17)29-22/h3-5,8-9,15,24H,6-7,10-14H2,1-2H3,(H,23,27)(H,25,26)/t15-/m0/s1. The minimum absolute atomic E-state index is 0.0651. The number of anilines is 1. The Balaban J connectivity index is 1.66. The number of amides is 2. The summed E-state index contributed by atoms with van der Waals surface area (Å²) in [7, 11) is 1.60. The summed E-state index contributed by atoms with van der Waals surface area (Å²) in [5.74, 6) is -0.278. The number of thiophene rings is 1. The second-order valence-electron chi connectivity index (χ2n) is 7.23. The molecule has 1 aliphatic rings. The Kier molecular flexibility index (Phi) is 7.80. The van der Waals surface area contributed by atoms with E-state index in [9.17, 15) is 9.59 Å². The van der Waals surface area contributed by atoms with Gasteiger partial charge in [-0.05, 0) is 43.7 Å². The van der Waals surface area contributed by atoms with Gasteiger partial charge in [-0.15, -0.1) is 11.3 Å². The van der Waals surface area contributed by atoms with Crippen LogP contribution in [0.3, 0.4) is 0 Å². The summed E-state index contributed by atoms with van der Waals surface area (Å²) in [6.07, 6.45) is 4.06. The summed E-state index contributed by atoms with van der Waals surface area (Å²) in [6.45, 7) is 3.12. The second-order valence-corrected chi connectivity index (χ2v) is 8.33. The maximum atomic E-state index is 12.8. The van der Waals surface area contributed by atoms with Crippen molar-refractivity contribution in [1.29, 1.82) is 0 Å². The fraction of sp³-hybridized carbons (Fsp3) is 0.455. The van der Waals surface area contributed by atoms with Gasteiger partial charge in [-0.1, -0.05) is 30.3 Å². The largest absolute Gasteiger partial charge is 0.383 e. The van der Waals surface area contributed by atoms with Crippen molar-refractivity contribution in [2.45, 2.75) is 38.6 Å². The molecular formula is C22H29N3O3S. The lowest BCUT2D eigenvalue weighted by molar-refractivity contribution is -0.115. The summed E-state index contributed by atoms with van der Waals surface area (Å²) in [4.78, 5) is 26.6. The highest BCUT2D eigenvalue weighted by atomic mass is 32.1. The topological polar surface area (TPSA) is 79.5 Å². The molecule has 6 nitrogen and oxygen atoms in total. The van der Waals surface area contributed by atoms with Crippen LogP contribution in [0.25, 0.3) is 0 Å². The van der Waals surface area contributed by atoms with Crippen molar-refractivity contribution in [2.24, 2.45) is 0 Å². The zero-order valence-electron chi connectivity index (χ0n) is 17.0. The van der Waals surface area contributed by atoms with Crippen LogP contribution in [0.5, 0.6) is 0 Å². The Bertz CT molecular complexity index is 835. The number of nitrogens with one attached hydrogen (secondary N) is 3. The quantitative estimate of drug-likeness (QED) is 0.549. The molecular weight excluding hydrogens is 386 g/mol. The molecule has 0 saturated carbocycles. The summed E-state index contributed by atoms with van der Waals surface area (Å²) in [6, 6.07) is 10.1. The van der Waals surface area contributed by atoms with Gasteiger partial charge in [0, 0.05) is 24.6 Å². The maximum absolute atomic E-state index is 12.8. The number of methoxy groups -OCH3 is 1. The first-order chi connectivity index (χ1) is 14.1. The average molecular weight is 416 g/mol. The zero-order chi connectivity index (χ0) is 20.6. The molecule has 2 amide bonds. The number of fused-ring (bicyclic) bond motifs is 1. The molecule has 29 heavy (non-hydrogen) atoms. The van der Waals surface area contributed by atoms with Gasteiger partial charge in [0.1, 0.15) is 5.00 Å². The summed E-state index contributed by atoms with van der Waals surface area (Å²) >= 11 is 1.54. The molecule has 1 heterocycles. The Morgan fingerprint density at radius 1 is 1.17 bits per heavy atom. The average Bonchev–Trinajstić information content (AvgIpc) is 3.10. The van der Waals surface area contributed by atoms with Crippen molar-refractivity contribution < 1.29 is 14.3 Å². The highest BCUT2D eigenvalue weighted by Crippen LogP contribution is 2.38. The maximum Gasteiger partial charge on any atom is 0.254 e. The minimum atomic E-state index is -0.141. The smallest absolute Gasteiger partial charge is 0.254 e. The third-order valence-electron chi connectivity index (χ3n) is 5.11. The monoisotopic (exact) mass is 415 g/mol. The Labute approximate surface area is 176 Å². The first kappa shape index (κ1) is 21.5. The predicted molar refractivity (Wildman–Crippen MR) is 117 cm³/mol. The van der Waals surface area contributed by atoms with Gasteiger partial charge in [0.15, 0.2) is 0 Å². The number of aryl methyl sites for hydroxylation is 1. The van der Waals surface area contributed by atoms with Crippen molar-refractivity contribution in [3.8, 4) is 0 Å². The van der Waals surface area contributed by atoms with Crippen LogP contribution in [0.2, 0.25) is 0 Å². The van der Waals surface area contributed by atoms with Crippen molar-refractivity contribution in [3.63, 3.8) is 0 Å². The molecule has 1 atom stereocenters.